The molecule has 0 bridgehead atoms. The van der Waals surface area contributed by atoms with Crippen molar-refractivity contribution in [1.82, 2.24) is 10.2 Å². The Morgan fingerprint density at radius 1 is 1.12 bits per heavy atom. The molecule has 1 aromatic carbocycles. The summed E-state index contributed by atoms with van der Waals surface area (Å²) in [6.45, 7) is 2.45. The Morgan fingerprint density at radius 3 is 2.24 bits per heavy atom. The van der Waals surface area contributed by atoms with Gasteiger partial charge in [0.15, 0.2) is 0 Å². The summed E-state index contributed by atoms with van der Waals surface area (Å²) in [4.78, 5) is 25.9. The van der Waals surface area contributed by atoms with Gasteiger partial charge in [0.1, 0.15) is 0 Å². The van der Waals surface area contributed by atoms with E-state index in [0.29, 0.717) is 6.42 Å². The van der Waals surface area contributed by atoms with E-state index in [1.54, 1.807) is 0 Å². The molecular formula is C17H28Cl2N4O2. The molecule has 1 atom stereocenters. The van der Waals surface area contributed by atoms with Gasteiger partial charge in [-0.15, -0.1) is 24.8 Å². The molecule has 1 unspecified atom stereocenters. The topological polar surface area (TPSA) is 73.5 Å². The largest absolute Gasteiger partial charge is 0.326 e. The van der Waals surface area contributed by atoms with Crippen LogP contribution in [0.1, 0.15) is 19.3 Å². The number of carbonyl (C=O) groups is 2. The van der Waals surface area contributed by atoms with E-state index >= 15 is 0 Å². The molecule has 0 radical (unpaired) electrons. The lowest BCUT2D eigenvalue weighted by Gasteiger charge is -2.21. The first-order chi connectivity index (χ1) is 11.0. The minimum Gasteiger partial charge on any atom is -0.326 e. The van der Waals surface area contributed by atoms with Crippen LogP contribution in [-0.4, -0.2) is 50.4 Å². The lowest BCUT2D eigenvalue weighted by Crippen LogP contribution is -2.37. The molecule has 25 heavy (non-hydrogen) atoms. The first-order valence-corrected chi connectivity index (χ1v) is 8.11. The second-order valence-corrected chi connectivity index (χ2v) is 6.21. The number of nitrogens with one attached hydrogen (secondary N) is 3. The molecule has 0 spiro atoms. The Bertz CT molecular complexity index is 532. The number of hydrogen-bond acceptors (Lipinski definition) is 4. The lowest BCUT2D eigenvalue weighted by molar-refractivity contribution is -0.120. The molecule has 2 amide bonds. The van der Waals surface area contributed by atoms with Crippen LogP contribution in [0.4, 0.5) is 11.4 Å². The lowest BCUT2D eigenvalue weighted by atomic mass is 9.99. The van der Waals surface area contributed by atoms with Crippen LogP contribution in [0.15, 0.2) is 24.3 Å². The number of rotatable bonds is 6. The molecule has 1 fully saturated rings. The van der Waals surface area contributed by atoms with Crippen molar-refractivity contribution in [2.45, 2.75) is 19.3 Å². The smallest absolute Gasteiger partial charge is 0.228 e. The molecule has 1 heterocycles. The zero-order valence-corrected chi connectivity index (χ0v) is 16.3. The number of halogens is 2. The van der Waals surface area contributed by atoms with E-state index in [9.17, 15) is 9.59 Å². The Labute approximate surface area is 161 Å². The molecular weight excluding hydrogens is 363 g/mol. The van der Waals surface area contributed by atoms with Gasteiger partial charge in [-0.2, -0.15) is 0 Å². The van der Waals surface area contributed by atoms with E-state index in [1.807, 2.05) is 43.3 Å². The van der Waals surface area contributed by atoms with E-state index in [4.69, 9.17) is 0 Å². The maximum atomic E-state index is 12.2. The molecule has 8 heteroatoms. The number of amides is 2. The first kappa shape index (κ1) is 23.7. The molecule has 1 aliphatic rings. The number of benzene rings is 1. The second-order valence-electron chi connectivity index (χ2n) is 6.21. The number of anilines is 2. The quantitative estimate of drug-likeness (QED) is 0.696. The summed E-state index contributed by atoms with van der Waals surface area (Å²) in [5, 5.41) is 9.03. The summed E-state index contributed by atoms with van der Waals surface area (Å²) in [7, 11) is 3.87. The Morgan fingerprint density at radius 2 is 1.72 bits per heavy atom. The van der Waals surface area contributed by atoms with Crippen LogP contribution in [-0.2, 0) is 9.59 Å². The summed E-state index contributed by atoms with van der Waals surface area (Å²) < 4.78 is 0. The van der Waals surface area contributed by atoms with Gasteiger partial charge < -0.3 is 20.9 Å². The number of hydrogen-bond donors (Lipinski definition) is 3. The van der Waals surface area contributed by atoms with Gasteiger partial charge >= 0.3 is 0 Å². The molecule has 1 saturated heterocycles. The third kappa shape index (κ3) is 8.54. The van der Waals surface area contributed by atoms with Crippen molar-refractivity contribution in [2.24, 2.45) is 5.92 Å². The van der Waals surface area contributed by atoms with Gasteiger partial charge in [-0.05, 0) is 57.7 Å². The standard InChI is InChI=1S/C17H26N4O2.2ClH/c1-21(2)11-9-16(22)19-14-5-7-15(8-6-14)20-17(23)13-4-3-10-18-12-13;;/h5-8,13,18H,3-4,9-12H2,1-2H3,(H,19,22)(H,20,23);2*1H. The molecule has 0 aliphatic carbocycles. The highest BCUT2D eigenvalue weighted by atomic mass is 35.5. The normalized spacial score (nSPS) is 16.4. The van der Waals surface area contributed by atoms with Crippen LogP contribution < -0.4 is 16.0 Å². The van der Waals surface area contributed by atoms with Crippen molar-refractivity contribution in [3.63, 3.8) is 0 Å². The van der Waals surface area contributed by atoms with Gasteiger partial charge in [0.05, 0.1) is 5.92 Å². The maximum Gasteiger partial charge on any atom is 0.228 e. The first-order valence-electron chi connectivity index (χ1n) is 8.11. The van der Waals surface area contributed by atoms with Crippen LogP contribution in [0.3, 0.4) is 0 Å². The third-order valence-corrected chi connectivity index (χ3v) is 3.89. The van der Waals surface area contributed by atoms with Gasteiger partial charge in [-0.1, -0.05) is 0 Å². The molecule has 1 aliphatic heterocycles. The van der Waals surface area contributed by atoms with Crippen LogP contribution in [0.25, 0.3) is 0 Å². The molecule has 0 saturated carbocycles. The van der Waals surface area contributed by atoms with Crippen molar-refractivity contribution in [2.75, 3.05) is 44.4 Å². The second kappa shape index (κ2) is 12.1. The van der Waals surface area contributed by atoms with Crippen molar-refractivity contribution in [1.29, 1.82) is 0 Å². The Kier molecular flexibility index (Phi) is 11.4. The Balaban J connectivity index is 0.00000288. The monoisotopic (exact) mass is 390 g/mol. The van der Waals surface area contributed by atoms with E-state index in [0.717, 1.165) is 43.9 Å². The van der Waals surface area contributed by atoms with E-state index in [2.05, 4.69) is 16.0 Å². The minimum absolute atomic E-state index is 0. The minimum atomic E-state index is -0.0104. The van der Waals surface area contributed by atoms with Gasteiger partial charge in [0.2, 0.25) is 11.8 Å². The number of piperidine rings is 1. The summed E-state index contributed by atoms with van der Waals surface area (Å²) in [5.41, 5.74) is 1.50. The summed E-state index contributed by atoms with van der Waals surface area (Å²) >= 11 is 0. The van der Waals surface area contributed by atoms with Crippen LogP contribution >= 0.6 is 24.8 Å². The highest BCUT2D eigenvalue weighted by molar-refractivity contribution is 5.94. The summed E-state index contributed by atoms with van der Waals surface area (Å²) in [6.07, 6.45) is 2.43. The Hall–Kier alpha value is -1.34. The highest BCUT2D eigenvalue weighted by Gasteiger charge is 2.20. The van der Waals surface area contributed by atoms with E-state index < -0.39 is 0 Å². The molecule has 3 N–H and O–H groups in total. The van der Waals surface area contributed by atoms with E-state index in [-0.39, 0.29) is 42.5 Å². The predicted molar refractivity (Wildman–Crippen MR) is 107 cm³/mol. The summed E-state index contributed by atoms with van der Waals surface area (Å²) in [6, 6.07) is 7.25. The van der Waals surface area contributed by atoms with Gasteiger partial charge in [0.25, 0.3) is 0 Å². The number of carbonyl (C=O) groups excluding carboxylic acids is 2. The van der Waals surface area contributed by atoms with Crippen molar-refractivity contribution >= 4 is 48.0 Å². The maximum absolute atomic E-state index is 12.2. The zero-order chi connectivity index (χ0) is 16.7. The SMILES string of the molecule is CN(C)CCC(=O)Nc1ccc(NC(=O)C2CCCNC2)cc1.Cl.Cl. The predicted octanol–water partition coefficient (Wildman–Crippen LogP) is 2.36. The third-order valence-electron chi connectivity index (χ3n) is 3.89. The molecule has 1 aromatic rings. The van der Waals surface area contributed by atoms with Crippen LogP contribution in [0.2, 0.25) is 0 Å². The van der Waals surface area contributed by atoms with Crippen LogP contribution in [0, 0.1) is 5.92 Å². The molecule has 2 rings (SSSR count). The highest BCUT2D eigenvalue weighted by Crippen LogP contribution is 2.17. The molecule has 142 valence electrons. The zero-order valence-electron chi connectivity index (χ0n) is 14.7. The molecule has 6 nitrogen and oxygen atoms in total. The number of nitrogens with zero attached hydrogens (tertiary/aromatic N) is 1. The average molecular weight is 391 g/mol. The van der Waals surface area contributed by atoms with E-state index in [1.165, 1.54) is 0 Å². The van der Waals surface area contributed by atoms with Crippen molar-refractivity contribution < 1.29 is 9.59 Å². The van der Waals surface area contributed by atoms with Crippen LogP contribution in [0.5, 0.6) is 0 Å². The summed E-state index contributed by atoms with van der Waals surface area (Å²) in [5.74, 6) is 0.0814. The van der Waals surface area contributed by atoms with Crippen molar-refractivity contribution in [3.05, 3.63) is 24.3 Å². The van der Waals surface area contributed by atoms with Gasteiger partial charge in [-0.3, -0.25) is 9.59 Å². The fourth-order valence-electron chi connectivity index (χ4n) is 2.51. The van der Waals surface area contributed by atoms with Gasteiger partial charge in [-0.25, -0.2) is 0 Å². The van der Waals surface area contributed by atoms with Crippen molar-refractivity contribution in [3.8, 4) is 0 Å². The average Bonchev–Trinajstić information content (AvgIpc) is 2.55. The molecule has 0 aromatic heterocycles. The van der Waals surface area contributed by atoms with Gasteiger partial charge in [0, 0.05) is 30.9 Å². The fraction of sp³-hybridized carbons (Fsp3) is 0.529. The fourth-order valence-corrected chi connectivity index (χ4v) is 2.51.